The fourth-order valence-corrected chi connectivity index (χ4v) is 2.04. The summed E-state index contributed by atoms with van der Waals surface area (Å²) in [5, 5.41) is 13.6. The van der Waals surface area contributed by atoms with Gasteiger partial charge in [0.1, 0.15) is 12.4 Å². The molecule has 1 aromatic carbocycles. The Morgan fingerprint density at radius 3 is 2.85 bits per heavy atom. The number of hydrogen-bond donors (Lipinski definition) is 1. The number of allylic oxidation sites excluding steroid dienone is 2. The van der Waals surface area contributed by atoms with Crippen molar-refractivity contribution in [3.8, 4) is 5.75 Å². The molecule has 0 spiro atoms. The molecule has 1 N–H and O–H groups in total. The Bertz CT molecular complexity index is 886. The molecule has 7 nitrogen and oxygen atoms in total. The van der Waals surface area contributed by atoms with Crippen molar-refractivity contribution in [3.05, 3.63) is 82.6 Å². The predicted molar refractivity (Wildman–Crippen MR) is 97.4 cm³/mol. The Morgan fingerprint density at radius 2 is 2.19 bits per heavy atom. The first kappa shape index (κ1) is 19.1. The molecule has 0 unspecified atom stereocenters. The molecule has 0 aliphatic heterocycles. The normalized spacial score (nSPS) is 10.9. The molecule has 2 rings (SSSR count). The summed E-state index contributed by atoms with van der Waals surface area (Å²) in [4.78, 5) is 17.8. The van der Waals surface area contributed by atoms with Gasteiger partial charge in [0.25, 0.3) is 5.69 Å². The van der Waals surface area contributed by atoms with Gasteiger partial charge in [0, 0.05) is 12.1 Å². The number of hydrogen-bond acceptors (Lipinski definition) is 6. The fraction of sp³-hybridized carbons (Fsp3) is 0.0588. The van der Waals surface area contributed by atoms with Crippen LogP contribution >= 0.6 is 11.6 Å². The van der Waals surface area contributed by atoms with Crippen LogP contribution in [0.3, 0.4) is 0 Å². The molecule has 2 aromatic rings. The summed E-state index contributed by atoms with van der Waals surface area (Å²) in [5.41, 5.74) is 0.698. The highest BCUT2D eigenvalue weighted by Gasteiger charge is 2.13. The van der Waals surface area contributed by atoms with Gasteiger partial charge in [0.05, 0.1) is 22.9 Å². The Labute approximate surface area is 153 Å². The number of nitrogens with one attached hydrogen (secondary N) is 1. The second kappa shape index (κ2) is 8.72. The zero-order valence-electron chi connectivity index (χ0n) is 13.5. The highest BCUT2D eigenvalue weighted by molar-refractivity contribution is 6.28. The lowest BCUT2D eigenvalue weighted by Crippen LogP contribution is -2.03. The Kier molecular flexibility index (Phi) is 6.40. The molecular weight excluding hydrogens is 363 g/mol. The van der Waals surface area contributed by atoms with E-state index in [-0.39, 0.29) is 34.8 Å². The van der Waals surface area contributed by atoms with E-state index < -0.39 is 10.7 Å². The maximum Gasteiger partial charge on any atom is 0.275 e. The zero-order chi connectivity index (χ0) is 19.1. The first-order chi connectivity index (χ1) is 12.4. The third kappa shape index (κ3) is 5.12. The lowest BCUT2D eigenvalue weighted by Gasteiger charge is -2.10. The molecule has 0 atom stereocenters. The number of anilines is 2. The van der Waals surface area contributed by atoms with E-state index >= 15 is 0 Å². The molecule has 9 heteroatoms. The van der Waals surface area contributed by atoms with Gasteiger partial charge in [-0.1, -0.05) is 31.4 Å². The summed E-state index contributed by atoms with van der Waals surface area (Å²) in [6.07, 6.45) is 5.74. The van der Waals surface area contributed by atoms with Crippen LogP contribution in [0.25, 0.3) is 0 Å². The number of rotatable bonds is 8. The molecule has 0 fully saturated rings. The lowest BCUT2D eigenvalue weighted by molar-refractivity contribution is -0.384. The van der Waals surface area contributed by atoms with E-state index in [1.165, 1.54) is 18.2 Å². The van der Waals surface area contributed by atoms with Crippen molar-refractivity contribution in [2.75, 3.05) is 11.9 Å². The second-order valence-electron chi connectivity index (χ2n) is 4.90. The number of non-ortho nitro benzene ring substituents is 1. The number of aromatic nitrogens is 2. The van der Waals surface area contributed by atoms with E-state index in [1.54, 1.807) is 18.2 Å². The van der Waals surface area contributed by atoms with Gasteiger partial charge < -0.3 is 10.1 Å². The lowest BCUT2D eigenvalue weighted by atomic mass is 10.2. The largest absolute Gasteiger partial charge is 0.489 e. The van der Waals surface area contributed by atoms with Crippen molar-refractivity contribution < 1.29 is 14.1 Å². The van der Waals surface area contributed by atoms with Gasteiger partial charge in [-0.25, -0.2) is 9.37 Å². The Balaban J connectivity index is 2.31. The number of nitro groups is 1. The van der Waals surface area contributed by atoms with Crippen molar-refractivity contribution >= 4 is 28.8 Å². The smallest absolute Gasteiger partial charge is 0.275 e. The molecule has 1 heterocycles. The first-order valence-electron chi connectivity index (χ1n) is 7.24. The molecule has 26 heavy (non-hydrogen) atoms. The molecule has 0 amide bonds. The first-order valence-corrected chi connectivity index (χ1v) is 7.62. The van der Waals surface area contributed by atoms with E-state index in [0.717, 1.165) is 11.8 Å². The molecule has 1 aromatic heterocycles. The Morgan fingerprint density at radius 1 is 1.42 bits per heavy atom. The van der Waals surface area contributed by atoms with Gasteiger partial charge >= 0.3 is 0 Å². The molecular formula is C17H14ClFN4O3. The molecule has 0 aliphatic rings. The second-order valence-corrected chi connectivity index (χ2v) is 5.24. The van der Waals surface area contributed by atoms with Gasteiger partial charge in [0.2, 0.25) is 5.28 Å². The average molecular weight is 377 g/mol. The van der Waals surface area contributed by atoms with Gasteiger partial charge in [-0.05, 0) is 17.2 Å². The summed E-state index contributed by atoms with van der Waals surface area (Å²) >= 11 is 5.64. The highest BCUT2D eigenvalue weighted by atomic mass is 35.5. The third-order valence-corrected chi connectivity index (χ3v) is 3.26. The topological polar surface area (TPSA) is 90.2 Å². The van der Waals surface area contributed by atoms with Gasteiger partial charge in [-0.3, -0.25) is 10.1 Å². The minimum absolute atomic E-state index is 0.129. The zero-order valence-corrected chi connectivity index (χ0v) is 14.2. The SMILES string of the molecule is C=C/C=C(\C=C)COc1cc(Nc2nc(Cl)ncc2F)cc([N+](=O)[O-])c1. The summed E-state index contributed by atoms with van der Waals surface area (Å²) in [6.45, 7) is 7.35. The van der Waals surface area contributed by atoms with Crippen LogP contribution in [-0.4, -0.2) is 21.5 Å². The van der Waals surface area contributed by atoms with Gasteiger partial charge in [0.15, 0.2) is 11.6 Å². The summed E-state index contributed by atoms with van der Waals surface area (Å²) in [6, 6.07) is 3.94. The monoisotopic (exact) mass is 376 g/mol. The fourth-order valence-electron chi connectivity index (χ4n) is 1.91. The molecule has 0 saturated heterocycles. The number of nitro benzene ring substituents is 1. The number of halogens is 2. The summed E-state index contributed by atoms with van der Waals surface area (Å²) in [5.74, 6) is -0.764. The van der Waals surface area contributed by atoms with Crippen LogP contribution in [0.5, 0.6) is 5.75 Å². The van der Waals surface area contributed by atoms with Gasteiger partial charge in [-0.2, -0.15) is 4.98 Å². The van der Waals surface area contributed by atoms with Crippen molar-refractivity contribution in [1.29, 1.82) is 0 Å². The van der Waals surface area contributed by atoms with Crippen LogP contribution in [0, 0.1) is 15.9 Å². The predicted octanol–water partition coefficient (Wildman–Crippen LogP) is 4.60. The van der Waals surface area contributed by atoms with Crippen LogP contribution < -0.4 is 10.1 Å². The van der Waals surface area contributed by atoms with E-state index in [1.807, 2.05) is 0 Å². The van der Waals surface area contributed by atoms with Crippen molar-refractivity contribution in [2.24, 2.45) is 0 Å². The van der Waals surface area contributed by atoms with Crippen LogP contribution in [0.1, 0.15) is 0 Å². The van der Waals surface area contributed by atoms with Crippen molar-refractivity contribution in [3.63, 3.8) is 0 Å². The summed E-state index contributed by atoms with van der Waals surface area (Å²) in [7, 11) is 0. The van der Waals surface area contributed by atoms with E-state index in [0.29, 0.717) is 0 Å². The van der Waals surface area contributed by atoms with Crippen molar-refractivity contribution in [2.45, 2.75) is 0 Å². The molecule has 0 bridgehead atoms. The molecule has 0 aliphatic carbocycles. The Hall–Kier alpha value is -3.26. The number of ether oxygens (including phenoxy) is 1. The average Bonchev–Trinajstić information content (AvgIpc) is 2.61. The third-order valence-electron chi connectivity index (χ3n) is 3.08. The highest BCUT2D eigenvalue weighted by Crippen LogP contribution is 2.29. The number of nitrogens with zero attached hydrogens (tertiary/aromatic N) is 3. The minimum atomic E-state index is -0.758. The van der Waals surface area contributed by atoms with Crippen LogP contribution in [0.4, 0.5) is 21.6 Å². The van der Waals surface area contributed by atoms with Crippen LogP contribution in [0.15, 0.2) is 61.4 Å². The number of benzene rings is 1. The standard InChI is InChI=1S/C17H14ClFN4O3/c1-3-5-11(4-2)10-26-14-7-12(6-13(8-14)23(24)25)21-16-15(19)9-20-17(18)22-16/h3-9H,1-2,10H2,(H,20,21,22)/b11-5+. The maximum absolute atomic E-state index is 13.8. The maximum atomic E-state index is 13.8. The molecule has 0 saturated carbocycles. The van der Waals surface area contributed by atoms with Gasteiger partial charge in [-0.15, -0.1) is 0 Å². The van der Waals surface area contributed by atoms with E-state index in [4.69, 9.17) is 16.3 Å². The summed E-state index contributed by atoms with van der Waals surface area (Å²) < 4.78 is 19.3. The van der Waals surface area contributed by atoms with E-state index in [9.17, 15) is 14.5 Å². The minimum Gasteiger partial charge on any atom is -0.489 e. The molecule has 0 radical (unpaired) electrons. The van der Waals surface area contributed by atoms with Crippen molar-refractivity contribution in [1.82, 2.24) is 9.97 Å². The van der Waals surface area contributed by atoms with E-state index in [2.05, 4.69) is 28.4 Å². The van der Waals surface area contributed by atoms with Crippen LogP contribution in [0.2, 0.25) is 5.28 Å². The molecule has 134 valence electrons. The van der Waals surface area contributed by atoms with Crippen LogP contribution in [-0.2, 0) is 0 Å². The quantitative estimate of drug-likeness (QED) is 0.313.